The number of terminal acetylenes is 1. The fraction of sp³-hybridized carbons (Fsp3) is 0.200. The zero-order valence-corrected chi connectivity index (χ0v) is 12.3. The summed E-state index contributed by atoms with van der Waals surface area (Å²) >= 11 is 3.16. The third-order valence-corrected chi connectivity index (χ3v) is 4.36. The van der Waals surface area contributed by atoms with E-state index in [1.165, 1.54) is 16.9 Å². The van der Waals surface area contributed by atoms with E-state index in [0.717, 1.165) is 16.3 Å². The highest BCUT2D eigenvalue weighted by Gasteiger charge is 2.08. The Labute approximate surface area is 126 Å². The van der Waals surface area contributed by atoms with Crippen LogP contribution < -0.4 is 0 Å². The highest BCUT2D eigenvalue weighted by atomic mass is 32.2. The van der Waals surface area contributed by atoms with Crippen LogP contribution in [-0.4, -0.2) is 21.8 Å². The quantitative estimate of drug-likeness (QED) is 0.657. The molecular weight excluding hydrogens is 290 g/mol. The number of carboxylic acids is 1. The van der Waals surface area contributed by atoms with Crippen LogP contribution in [0, 0.1) is 12.3 Å². The van der Waals surface area contributed by atoms with Crippen molar-refractivity contribution < 1.29 is 9.90 Å². The third-order valence-electron chi connectivity index (χ3n) is 2.51. The van der Waals surface area contributed by atoms with Crippen molar-refractivity contribution in [2.24, 2.45) is 0 Å². The Kier molecular flexibility index (Phi) is 5.22. The van der Waals surface area contributed by atoms with Gasteiger partial charge in [-0.2, -0.15) is 0 Å². The normalized spacial score (nSPS) is 10.2. The first-order chi connectivity index (χ1) is 9.69. The molecule has 0 spiro atoms. The predicted octanol–water partition coefficient (Wildman–Crippen LogP) is 3.30. The van der Waals surface area contributed by atoms with Gasteiger partial charge in [0.1, 0.15) is 5.01 Å². The number of carboxylic acid groups (broad SMARTS) is 1. The number of benzene rings is 1. The lowest BCUT2D eigenvalue weighted by atomic mass is 10.1. The van der Waals surface area contributed by atoms with Gasteiger partial charge < -0.3 is 5.11 Å². The molecule has 0 unspecified atom stereocenters. The Hall–Kier alpha value is -1.77. The van der Waals surface area contributed by atoms with E-state index < -0.39 is 5.97 Å². The van der Waals surface area contributed by atoms with Crippen LogP contribution in [0.1, 0.15) is 11.3 Å². The SMILES string of the molecule is C#CCSCc1cccc(-c2nc(CC(=O)O)cs2)c1. The molecule has 0 saturated carbocycles. The summed E-state index contributed by atoms with van der Waals surface area (Å²) in [5.74, 6) is 3.31. The van der Waals surface area contributed by atoms with Crippen LogP contribution >= 0.6 is 23.1 Å². The maximum absolute atomic E-state index is 10.7. The predicted molar refractivity (Wildman–Crippen MR) is 83.9 cm³/mol. The topological polar surface area (TPSA) is 50.2 Å². The second kappa shape index (κ2) is 7.13. The molecule has 0 aliphatic carbocycles. The van der Waals surface area contributed by atoms with Crippen LogP contribution in [0.4, 0.5) is 0 Å². The van der Waals surface area contributed by atoms with Crippen molar-refractivity contribution in [1.82, 2.24) is 4.98 Å². The highest BCUT2D eigenvalue weighted by Crippen LogP contribution is 2.26. The van der Waals surface area contributed by atoms with Crippen molar-refractivity contribution in [1.29, 1.82) is 0 Å². The fourth-order valence-electron chi connectivity index (χ4n) is 1.70. The van der Waals surface area contributed by atoms with Crippen molar-refractivity contribution in [2.75, 3.05) is 5.75 Å². The van der Waals surface area contributed by atoms with Gasteiger partial charge in [0.25, 0.3) is 0 Å². The monoisotopic (exact) mass is 303 g/mol. The van der Waals surface area contributed by atoms with Gasteiger partial charge in [-0.1, -0.05) is 24.1 Å². The molecule has 1 heterocycles. The first-order valence-electron chi connectivity index (χ1n) is 5.96. The molecule has 0 aliphatic heterocycles. The van der Waals surface area contributed by atoms with Gasteiger partial charge in [0.2, 0.25) is 0 Å². The Morgan fingerprint density at radius 1 is 1.50 bits per heavy atom. The van der Waals surface area contributed by atoms with Crippen LogP contribution in [0.5, 0.6) is 0 Å². The van der Waals surface area contributed by atoms with Crippen LogP contribution in [0.25, 0.3) is 10.6 Å². The van der Waals surface area contributed by atoms with Gasteiger partial charge in [-0.25, -0.2) is 4.98 Å². The Morgan fingerprint density at radius 3 is 3.10 bits per heavy atom. The molecule has 0 radical (unpaired) electrons. The number of thiazole rings is 1. The molecule has 0 fully saturated rings. The summed E-state index contributed by atoms with van der Waals surface area (Å²) in [5.41, 5.74) is 2.81. The van der Waals surface area contributed by atoms with Crippen LogP contribution in [0.2, 0.25) is 0 Å². The lowest BCUT2D eigenvalue weighted by molar-refractivity contribution is -0.136. The van der Waals surface area contributed by atoms with Gasteiger partial charge in [0, 0.05) is 16.7 Å². The first-order valence-corrected chi connectivity index (χ1v) is 7.99. The summed E-state index contributed by atoms with van der Waals surface area (Å²) in [7, 11) is 0. The molecule has 102 valence electrons. The van der Waals surface area contributed by atoms with Crippen molar-refractivity contribution >= 4 is 29.1 Å². The summed E-state index contributed by atoms with van der Waals surface area (Å²) in [6.07, 6.45) is 5.20. The van der Waals surface area contributed by atoms with E-state index in [2.05, 4.69) is 23.0 Å². The fourth-order valence-corrected chi connectivity index (χ4v) is 3.15. The van der Waals surface area contributed by atoms with Gasteiger partial charge in [-0.05, 0) is 11.6 Å². The molecule has 1 N–H and O–H groups in total. The minimum atomic E-state index is -0.860. The Bertz CT molecular complexity index is 643. The number of rotatable bonds is 6. The van der Waals surface area contributed by atoms with Crippen LogP contribution in [-0.2, 0) is 17.0 Å². The molecule has 20 heavy (non-hydrogen) atoms. The average molecular weight is 303 g/mol. The van der Waals surface area contributed by atoms with Gasteiger partial charge in [-0.3, -0.25) is 4.79 Å². The molecule has 3 nitrogen and oxygen atoms in total. The molecule has 0 saturated heterocycles. The van der Waals surface area contributed by atoms with Crippen molar-refractivity contribution in [3.05, 3.63) is 40.9 Å². The highest BCUT2D eigenvalue weighted by molar-refractivity contribution is 7.98. The molecule has 0 bridgehead atoms. The van der Waals surface area contributed by atoms with E-state index >= 15 is 0 Å². The number of carbonyl (C=O) groups is 1. The molecule has 0 atom stereocenters. The number of hydrogen-bond donors (Lipinski definition) is 1. The molecule has 1 aromatic heterocycles. The number of nitrogens with zero attached hydrogens (tertiary/aromatic N) is 1. The number of aliphatic carboxylic acids is 1. The van der Waals surface area contributed by atoms with Gasteiger partial charge in [-0.15, -0.1) is 29.5 Å². The largest absolute Gasteiger partial charge is 0.481 e. The number of thioether (sulfide) groups is 1. The maximum Gasteiger partial charge on any atom is 0.309 e. The molecular formula is C15H13NO2S2. The summed E-state index contributed by atoms with van der Waals surface area (Å²) in [6.45, 7) is 0. The van der Waals surface area contributed by atoms with Crippen LogP contribution in [0.15, 0.2) is 29.6 Å². The average Bonchev–Trinajstić information content (AvgIpc) is 2.87. The summed E-state index contributed by atoms with van der Waals surface area (Å²) in [4.78, 5) is 15.0. The van der Waals surface area contributed by atoms with Gasteiger partial charge in [0.05, 0.1) is 17.9 Å². The van der Waals surface area contributed by atoms with Crippen molar-refractivity contribution in [2.45, 2.75) is 12.2 Å². The van der Waals surface area contributed by atoms with Crippen molar-refractivity contribution in [3.8, 4) is 22.9 Å². The molecule has 5 heteroatoms. The van der Waals surface area contributed by atoms with Crippen LogP contribution in [0.3, 0.4) is 0 Å². The maximum atomic E-state index is 10.7. The first kappa shape index (κ1) is 14.6. The summed E-state index contributed by atoms with van der Waals surface area (Å²) in [6, 6.07) is 8.10. The molecule has 1 aromatic carbocycles. The molecule has 2 aromatic rings. The summed E-state index contributed by atoms with van der Waals surface area (Å²) in [5, 5.41) is 11.4. The summed E-state index contributed by atoms with van der Waals surface area (Å²) < 4.78 is 0. The van der Waals surface area contributed by atoms with E-state index in [-0.39, 0.29) is 6.42 Å². The van der Waals surface area contributed by atoms with E-state index in [1.807, 2.05) is 12.1 Å². The molecule has 0 aliphatic rings. The minimum Gasteiger partial charge on any atom is -0.481 e. The smallest absolute Gasteiger partial charge is 0.309 e. The molecule has 0 amide bonds. The zero-order valence-electron chi connectivity index (χ0n) is 10.7. The third kappa shape index (κ3) is 4.12. The second-order valence-electron chi connectivity index (χ2n) is 4.11. The van der Waals surface area contributed by atoms with Gasteiger partial charge in [0.15, 0.2) is 0 Å². The van der Waals surface area contributed by atoms with E-state index in [4.69, 9.17) is 11.5 Å². The van der Waals surface area contributed by atoms with E-state index in [1.54, 1.807) is 17.1 Å². The van der Waals surface area contributed by atoms with E-state index in [0.29, 0.717) is 11.4 Å². The Morgan fingerprint density at radius 2 is 2.35 bits per heavy atom. The Balaban J connectivity index is 2.12. The molecule has 2 rings (SSSR count). The standard InChI is InChI=1S/C15H13NO2S2/c1-2-6-19-9-11-4-3-5-12(7-11)15-16-13(10-20-15)8-14(17)18/h1,3-5,7,10H,6,8-9H2,(H,17,18). The van der Waals surface area contributed by atoms with Gasteiger partial charge >= 0.3 is 5.97 Å². The lowest BCUT2D eigenvalue weighted by Crippen LogP contribution is -1.99. The minimum absolute atomic E-state index is 0.0335. The zero-order chi connectivity index (χ0) is 14.4. The second-order valence-corrected chi connectivity index (χ2v) is 5.96. The van der Waals surface area contributed by atoms with Crippen molar-refractivity contribution in [3.63, 3.8) is 0 Å². The number of aromatic nitrogens is 1. The lowest BCUT2D eigenvalue weighted by Gasteiger charge is -2.02. The number of hydrogen-bond acceptors (Lipinski definition) is 4. The van der Waals surface area contributed by atoms with E-state index in [9.17, 15) is 4.79 Å².